The molecule has 0 saturated carbocycles. The number of ether oxygens (including phenoxy) is 1. The molecule has 0 amide bonds. The molecule has 0 fully saturated rings. The van der Waals surface area contributed by atoms with Gasteiger partial charge in [-0.1, -0.05) is 12.1 Å². The van der Waals surface area contributed by atoms with Crippen molar-refractivity contribution in [2.45, 2.75) is 0 Å². The zero-order chi connectivity index (χ0) is 23.5. The molecule has 0 bridgehead atoms. The number of hydrogen-bond donors (Lipinski definition) is 2. The maximum atomic E-state index is 14.7. The fourth-order valence-electron chi connectivity index (χ4n) is 3.49. The summed E-state index contributed by atoms with van der Waals surface area (Å²) >= 11 is 0. The van der Waals surface area contributed by atoms with Gasteiger partial charge in [-0.05, 0) is 30.3 Å². The molecule has 2 N–H and O–H groups in total. The SMILES string of the molecule is COc1cccc(-c2nc(N(CO)CCO)nc3c2ccc(=O)n3-c2ccc(F)cc2F)c1. The minimum Gasteiger partial charge on any atom is -0.497 e. The van der Waals surface area contributed by atoms with Gasteiger partial charge in [-0.15, -0.1) is 0 Å². The van der Waals surface area contributed by atoms with E-state index >= 15 is 0 Å². The van der Waals surface area contributed by atoms with Crippen LogP contribution in [0.1, 0.15) is 0 Å². The van der Waals surface area contributed by atoms with Crippen LogP contribution in [0, 0.1) is 11.6 Å². The minimum atomic E-state index is -0.943. The second-order valence-corrected chi connectivity index (χ2v) is 7.07. The predicted octanol–water partition coefficient (Wildman–Crippen LogP) is 2.48. The van der Waals surface area contributed by atoms with Gasteiger partial charge in [0.15, 0.2) is 5.65 Å². The van der Waals surface area contributed by atoms with Crippen molar-refractivity contribution in [2.75, 3.05) is 31.9 Å². The maximum Gasteiger partial charge on any atom is 0.256 e. The van der Waals surface area contributed by atoms with Crippen LogP contribution in [-0.2, 0) is 0 Å². The fraction of sp³-hybridized carbons (Fsp3) is 0.174. The summed E-state index contributed by atoms with van der Waals surface area (Å²) in [6, 6.07) is 12.7. The summed E-state index contributed by atoms with van der Waals surface area (Å²) in [7, 11) is 1.52. The van der Waals surface area contributed by atoms with E-state index in [-0.39, 0.29) is 30.4 Å². The Labute approximate surface area is 187 Å². The highest BCUT2D eigenvalue weighted by molar-refractivity contribution is 5.92. The third kappa shape index (κ3) is 4.26. The van der Waals surface area contributed by atoms with Gasteiger partial charge in [0.1, 0.15) is 24.1 Å². The molecule has 0 aliphatic heterocycles. The van der Waals surface area contributed by atoms with Crippen LogP contribution in [0.15, 0.2) is 59.4 Å². The highest BCUT2D eigenvalue weighted by atomic mass is 19.1. The Kier molecular flexibility index (Phi) is 6.29. The third-order valence-corrected chi connectivity index (χ3v) is 5.06. The van der Waals surface area contributed by atoms with E-state index < -0.39 is 23.9 Å². The Morgan fingerprint density at radius 1 is 1.06 bits per heavy atom. The molecule has 2 aromatic carbocycles. The van der Waals surface area contributed by atoms with Crippen LogP contribution < -0.4 is 15.2 Å². The number of pyridine rings is 1. The number of nitrogens with zero attached hydrogens (tertiary/aromatic N) is 4. The molecule has 0 unspecified atom stereocenters. The highest BCUT2D eigenvalue weighted by Gasteiger charge is 2.19. The summed E-state index contributed by atoms with van der Waals surface area (Å²) < 4.78 is 34.5. The van der Waals surface area contributed by atoms with Crippen molar-refractivity contribution in [3.05, 3.63) is 76.6 Å². The first kappa shape index (κ1) is 22.3. The maximum absolute atomic E-state index is 14.7. The van der Waals surface area contributed by atoms with E-state index in [0.29, 0.717) is 28.5 Å². The molecule has 0 spiro atoms. The van der Waals surface area contributed by atoms with E-state index in [1.54, 1.807) is 24.3 Å². The first-order valence-corrected chi connectivity index (χ1v) is 9.97. The van der Waals surface area contributed by atoms with Crippen LogP contribution in [-0.4, -0.2) is 51.7 Å². The number of anilines is 1. The number of hydrogen-bond acceptors (Lipinski definition) is 7. The van der Waals surface area contributed by atoms with Gasteiger partial charge >= 0.3 is 0 Å². The van der Waals surface area contributed by atoms with Gasteiger partial charge < -0.3 is 19.8 Å². The van der Waals surface area contributed by atoms with E-state index in [1.165, 1.54) is 24.1 Å². The van der Waals surface area contributed by atoms with Crippen LogP contribution >= 0.6 is 0 Å². The van der Waals surface area contributed by atoms with Crippen molar-refractivity contribution in [3.63, 3.8) is 0 Å². The minimum absolute atomic E-state index is 0.0127. The normalized spacial score (nSPS) is 11.1. The van der Waals surface area contributed by atoms with E-state index in [9.17, 15) is 23.8 Å². The molecule has 0 radical (unpaired) electrons. The standard InChI is InChI=1S/C23H20F2N4O4/c1-33-16-4-2-3-14(11-16)21-17-6-8-20(32)29(19-7-5-15(24)12-18(19)25)22(17)27-23(26-21)28(13-31)9-10-30/h2-8,11-12,30-31H,9-10,13H2,1H3. The molecule has 0 aliphatic carbocycles. The average molecular weight is 454 g/mol. The first-order valence-electron chi connectivity index (χ1n) is 9.97. The van der Waals surface area contributed by atoms with Crippen molar-refractivity contribution in [1.82, 2.24) is 14.5 Å². The van der Waals surface area contributed by atoms with E-state index in [2.05, 4.69) is 9.97 Å². The number of benzene rings is 2. The lowest BCUT2D eigenvalue weighted by molar-refractivity contribution is 0.256. The number of fused-ring (bicyclic) bond motifs is 1. The van der Waals surface area contributed by atoms with Gasteiger partial charge in [0.2, 0.25) is 5.95 Å². The molecule has 0 saturated heterocycles. The molecule has 10 heteroatoms. The van der Waals surface area contributed by atoms with Gasteiger partial charge in [-0.2, -0.15) is 4.98 Å². The van der Waals surface area contributed by atoms with Crippen LogP contribution in [0.5, 0.6) is 5.75 Å². The molecule has 170 valence electrons. The van der Waals surface area contributed by atoms with Crippen molar-refractivity contribution in [3.8, 4) is 22.7 Å². The van der Waals surface area contributed by atoms with E-state index in [4.69, 9.17) is 4.74 Å². The second-order valence-electron chi connectivity index (χ2n) is 7.07. The van der Waals surface area contributed by atoms with Crippen LogP contribution in [0.2, 0.25) is 0 Å². The molecule has 2 heterocycles. The molecule has 0 aliphatic rings. The monoisotopic (exact) mass is 454 g/mol. The van der Waals surface area contributed by atoms with Gasteiger partial charge in [0.25, 0.3) is 5.56 Å². The molecule has 4 rings (SSSR count). The van der Waals surface area contributed by atoms with Crippen LogP contribution in [0.3, 0.4) is 0 Å². The lowest BCUT2D eigenvalue weighted by Crippen LogP contribution is -2.30. The zero-order valence-corrected chi connectivity index (χ0v) is 17.6. The van der Waals surface area contributed by atoms with Crippen molar-refractivity contribution in [2.24, 2.45) is 0 Å². The third-order valence-electron chi connectivity index (χ3n) is 5.06. The number of halogens is 2. The quantitative estimate of drug-likeness (QED) is 0.414. The first-order chi connectivity index (χ1) is 16.0. The van der Waals surface area contributed by atoms with E-state index in [1.807, 2.05) is 0 Å². The summed E-state index contributed by atoms with van der Waals surface area (Å²) in [4.78, 5) is 23.1. The van der Waals surface area contributed by atoms with E-state index in [0.717, 1.165) is 16.7 Å². The molecule has 33 heavy (non-hydrogen) atoms. The van der Waals surface area contributed by atoms with Gasteiger partial charge in [-0.3, -0.25) is 9.36 Å². The summed E-state index contributed by atoms with van der Waals surface area (Å²) in [5, 5.41) is 19.6. The smallest absolute Gasteiger partial charge is 0.256 e. The summed E-state index contributed by atoms with van der Waals surface area (Å²) in [5.41, 5.74) is 0.279. The largest absolute Gasteiger partial charge is 0.497 e. The Morgan fingerprint density at radius 2 is 1.88 bits per heavy atom. The average Bonchev–Trinajstić information content (AvgIpc) is 2.82. The second kappa shape index (κ2) is 9.31. The number of aliphatic hydroxyl groups is 2. The molecular weight excluding hydrogens is 434 g/mol. The van der Waals surface area contributed by atoms with Gasteiger partial charge in [0, 0.05) is 29.6 Å². The topological polar surface area (TPSA) is 101 Å². The number of methoxy groups -OCH3 is 1. The molecule has 4 aromatic rings. The number of aliphatic hydroxyl groups excluding tert-OH is 2. The van der Waals surface area contributed by atoms with Gasteiger partial charge in [0.05, 0.1) is 25.1 Å². The summed E-state index contributed by atoms with van der Waals surface area (Å²) in [6.07, 6.45) is 0. The lowest BCUT2D eigenvalue weighted by atomic mass is 10.1. The predicted molar refractivity (Wildman–Crippen MR) is 119 cm³/mol. The summed E-state index contributed by atoms with van der Waals surface area (Å²) in [5.74, 6) is -1.15. The van der Waals surface area contributed by atoms with Crippen LogP contribution in [0.25, 0.3) is 28.0 Å². The molecule has 0 atom stereocenters. The Hall–Kier alpha value is -3.89. The Balaban J connectivity index is 2.10. The van der Waals surface area contributed by atoms with Crippen molar-refractivity contribution < 1.29 is 23.7 Å². The fourth-order valence-corrected chi connectivity index (χ4v) is 3.49. The zero-order valence-electron chi connectivity index (χ0n) is 17.6. The molecule has 2 aromatic heterocycles. The highest BCUT2D eigenvalue weighted by Crippen LogP contribution is 2.31. The van der Waals surface area contributed by atoms with Crippen molar-refractivity contribution in [1.29, 1.82) is 0 Å². The molecular formula is C23H20F2N4O4. The van der Waals surface area contributed by atoms with Crippen molar-refractivity contribution >= 4 is 17.0 Å². The Bertz CT molecular complexity index is 1380. The number of rotatable bonds is 7. The molecule has 8 nitrogen and oxygen atoms in total. The van der Waals surface area contributed by atoms with Crippen LogP contribution in [0.4, 0.5) is 14.7 Å². The number of aromatic nitrogens is 3. The lowest BCUT2D eigenvalue weighted by Gasteiger charge is -2.21. The Morgan fingerprint density at radius 3 is 2.58 bits per heavy atom. The summed E-state index contributed by atoms with van der Waals surface area (Å²) in [6.45, 7) is -0.780. The van der Waals surface area contributed by atoms with Gasteiger partial charge in [-0.25, -0.2) is 13.8 Å².